The third kappa shape index (κ3) is 1.79. The first kappa shape index (κ1) is 11.2. The Bertz CT molecular complexity index is 442. The lowest BCUT2D eigenvalue weighted by Crippen LogP contribution is -2.42. The molecule has 17 heavy (non-hydrogen) atoms. The number of fused-ring (bicyclic) bond motifs is 1. The number of rotatable bonds is 1. The number of aryl methyl sites for hydroxylation is 1. The summed E-state index contributed by atoms with van der Waals surface area (Å²) in [6, 6.07) is 4.80. The molecule has 0 bridgehead atoms. The molecule has 1 amide bonds. The highest BCUT2D eigenvalue weighted by Gasteiger charge is 2.44. The second kappa shape index (κ2) is 4.10. The van der Waals surface area contributed by atoms with Crippen LogP contribution in [0.1, 0.15) is 27.9 Å². The van der Waals surface area contributed by atoms with E-state index in [4.69, 9.17) is 0 Å². The number of carbonyl (C=O) groups is 1. The van der Waals surface area contributed by atoms with Gasteiger partial charge in [-0.1, -0.05) is 0 Å². The second-order valence-electron chi connectivity index (χ2n) is 5.19. The van der Waals surface area contributed by atoms with Crippen molar-refractivity contribution in [2.24, 2.45) is 5.92 Å². The van der Waals surface area contributed by atoms with Gasteiger partial charge < -0.3 is 10.2 Å². The number of nitrogens with one attached hydrogen (secondary N) is 1. The number of hydrogen-bond acceptors (Lipinski definition) is 3. The summed E-state index contributed by atoms with van der Waals surface area (Å²) in [6.45, 7) is 6.26. The summed E-state index contributed by atoms with van der Waals surface area (Å²) in [4.78, 5) is 16.7. The average Bonchev–Trinajstić information content (AvgIpc) is 2.92. The predicted molar refractivity (Wildman–Crippen MR) is 69.5 cm³/mol. The Balaban J connectivity index is 1.85. The van der Waals surface area contributed by atoms with E-state index in [9.17, 15) is 4.79 Å². The standard InChI is InChI=1S/C13H18N2OS/c1-8-5-10-6-14-7-11(10)15(8)13(16)12-4-3-9(2)17-12/h3-4,8,10-11,14H,5-7H2,1-2H3. The molecule has 4 heteroatoms. The first-order valence-electron chi connectivity index (χ1n) is 6.26. The maximum absolute atomic E-state index is 12.5. The van der Waals surface area contributed by atoms with Crippen molar-refractivity contribution in [2.45, 2.75) is 32.4 Å². The monoisotopic (exact) mass is 250 g/mol. The molecule has 3 unspecified atom stereocenters. The van der Waals surface area contributed by atoms with Gasteiger partial charge in [0.25, 0.3) is 5.91 Å². The van der Waals surface area contributed by atoms with Crippen LogP contribution in [0.2, 0.25) is 0 Å². The van der Waals surface area contributed by atoms with Gasteiger partial charge >= 0.3 is 0 Å². The molecule has 1 aromatic rings. The van der Waals surface area contributed by atoms with Gasteiger partial charge in [-0.05, 0) is 38.3 Å². The molecular weight excluding hydrogens is 232 g/mol. The minimum atomic E-state index is 0.229. The number of hydrogen-bond donors (Lipinski definition) is 1. The van der Waals surface area contributed by atoms with Gasteiger partial charge in [0.2, 0.25) is 0 Å². The average molecular weight is 250 g/mol. The van der Waals surface area contributed by atoms with E-state index in [1.165, 1.54) is 4.88 Å². The molecule has 3 nitrogen and oxygen atoms in total. The van der Waals surface area contributed by atoms with Crippen molar-refractivity contribution in [3.63, 3.8) is 0 Å². The van der Waals surface area contributed by atoms with Crippen LogP contribution in [0.25, 0.3) is 0 Å². The van der Waals surface area contributed by atoms with Crippen molar-refractivity contribution >= 4 is 17.2 Å². The summed E-state index contributed by atoms with van der Waals surface area (Å²) in [7, 11) is 0. The topological polar surface area (TPSA) is 32.3 Å². The lowest BCUT2D eigenvalue weighted by molar-refractivity contribution is 0.0687. The number of thiophene rings is 1. The highest BCUT2D eigenvalue weighted by molar-refractivity contribution is 7.13. The Morgan fingerprint density at radius 2 is 2.29 bits per heavy atom. The molecule has 1 aromatic heterocycles. The number of carbonyl (C=O) groups excluding carboxylic acids is 1. The Hall–Kier alpha value is -0.870. The van der Waals surface area contributed by atoms with Crippen LogP contribution >= 0.6 is 11.3 Å². The van der Waals surface area contributed by atoms with Gasteiger partial charge in [0.15, 0.2) is 0 Å². The zero-order chi connectivity index (χ0) is 12.0. The van der Waals surface area contributed by atoms with E-state index >= 15 is 0 Å². The highest BCUT2D eigenvalue weighted by atomic mass is 32.1. The Morgan fingerprint density at radius 1 is 1.47 bits per heavy atom. The quantitative estimate of drug-likeness (QED) is 0.825. The van der Waals surface area contributed by atoms with E-state index in [1.807, 2.05) is 12.1 Å². The SMILES string of the molecule is Cc1ccc(C(=O)N2C(C)CC3CNCC32)s1. The van der Waals surface area contributed by atoms with E-state index in [1.54, 1.807) is 11.3 Å². The number of nitrogens with zero attached hydrogens (tertiary/aromatic N) is 1. The van der Waals surface area contributed by atoms with Gasteiger partial charge in [-0.2, -0.15) is 0 Å². The van der Waals surface area contributed by atoms with Crippen molar-refractivity contribution in [1.82, 2.24) is 10.2 Å². The Labute approximate surface area is 106 Å². The van der Waals surface area contributed by atoms with Gasteiger partial charge in [0.05, 0.1) is 4.88 Å². The van der Waals surface area contributed by atoms with E-state index in [0.29, 0.717) is 18.0 Å². The normalized spacial score (nSPS) is 31.9. The zero-order valence-corrected chi connectivity index (χ0v) is 11.1. The molecule has 0 aromatic carbocycles. The molecule has 1 N–H and O–H groups in total. The molecule has 0 radical (unpaired) electrons. The van der Waals surface area contributed by atoms with Crippen LogP contribution in [0.4, 0.5) is 0 Å². The minimum absolute atomic E-state index is 0.229. The minimum Gasteiger partial charge on any atom is -0.331 e. The van der Waals surface area contributed by atoms with Crippen LogP contribution in [-0.2, 0) is 0 Å². The molecule has 0 aliphatic carbocycles. The van der Waals surface area contributed by atoms with Gasteiger partial charge in [-0.25, -0.2) is 0 Å². The van der Waals surface area contributed by atoms with Crippen LogP contribution < -0.4 is 5.32 Å². The van der Waals surface area contributed by atoms with E-state index < -0.39 is 0 Å². The summed E-state index contributed by atoms with van der Waals surface area (Å²) in [5.74, 6) is 0.891. The lowest BCUT2D eigenvalue weighted by Gasteiger charge is -2.27. The fraction of sp³-hybridized carbons (Fsp3) is 0.615. The fourth-order valence-electron chi connectivity index (χ4n) is 3.19. The van der Waals surface area contributed by atoms with Crippen LogP contribution in [-0.4, -0.2) is 36.0 Å². The summed E-state index contributed by atoms with van der Waals surface area (Å²) in [5, 5.41) is 3.40. The van der Waals surface area contributed by atoms with Crippen molar-refractivity contribution < 1.29 is 4.79 Å². The fourth-order valence-corrected chi connectivity index (χ4v) is 4.00. The molecule has 3 atom stereocenters. The first-order chi connectivity index (χ1) is 8.16. The largest absolute Gasteiger partial charge is 0.331 e. The molecule has 2 aliphatic rings. The van der Waals surface area contributed by atoms with Crippen molar-refractivity contribution in [3.8, 4) is 0 Å². The smallest absolute Gasteiger partial charge is 0.264 e. The Morgan fingerprint density at radius 3 is 3.00 bits per heavy atom. The molecule has 3 heterocycles. The Kier molecular flexibility index (Phi) is 2.71. The number of likely N-dealkylation sites (tertiary alicyclic amines) is 1. The van der Waals surface area contributed by atoms with Crippen LogP contribution in [0.5, 0.6) is 0 Å². The number of amides is 1. The summed E-state index contributed by atoms with van der Waals surface area (Å²) in [5.41, 5.74) is 0. The molecule has 3 rings (SSSR count). The summed E-state index contributed by atoms with van der Waals surface area (Å²) < 4.78 is 0. The van der Waals surface area contributed by atoms with Crippen LogP contribution in [0, 0.1) is 12.8 Å². The van der Waals surface area contributed by atoms with E-state index in [2.05, 4.69) is 24.1 Å². The van der Waals surface area contributed by atoms with Gasteiger partial charge in [0, 0.05) is 30.1 Å². The molecule has 92 valence electrons. The van der Waals surface area contributed by atoms with Crippen molar-refractivity contribution in [1.29, 1.82) is 0 Å². The molecule has 2 aliphatic heterocycles. The maximum Gasteiger partial charge on any atom is 0.264 e. The summed E-state index contributed by atoms with van der Waals surface area (Å²) >= 11 is 1.61. The molecule has 2 fully saturated rings. The molecule has 0 spiro atoms. The third-order valence-electron chi connectivity index (χ3n) is 3.97. The van der Waals surface area contributed by atoms with Gasteiger partial charge in [-0.3, -0.25) is 4.79 Å². The lowest BCUT2D eigenvalue weighted by atomic mass is 10.0. The second-order valence-corrected chi connectivity index (χ2v) is 6.48. The maximum atomic E-state index is 12.5. The predicted octanol–water partition coefficient (Wildman–Crippen LogP) is 1.88. The van der Waals surface area contributed by atoms with E-state index in [-0.39, 0.29) is 5.91 Å². The molecular formula is C13H18N2OS. The van der Waals surface area contributed by atoms with Crippen molar-refractivity contribution in [2.75, 3.05) is 13.1 Å². The third-order valence-corrected chi connectivity index (χ3v) is 4.95. The van der Waals surface area contributed by atoms with Crippen molar-refractivity contribution in [3.05, 3.63) is 21.9 Å². The van der Waals surface area contributed by atoms with Gasteiger partial charge in [-0.15, -0.1) is 11.3 Å². The van der Waals surface area contributed by atoms with Gasteiger partial charge in [0.1, 0.15) is 0 Å². The van der Waals surface area contributed by atoms with Crippen LogP contribution in [0.15, 0.2) is 12.1 Å². The zero-order valence-electron chi connectivity index (χ0n) is 10.3. The molecule has 0 saturated carbocycles. The molecule has 2 saturated heterocycles. The highest BCUT2D eigenvalue weighted by Crippen LogP contribution is 2.34. The summed E-state index contributed by atoms with van der Waals surface area (Å²) in [6.07, 6.45) is 1.15. The first-order valence-corrected chi connectivity index (χ1v) is 7.08. The van der Waals surface area contributed by atoms with E-state index in [0.717, 1.165) is 24.4 Å². The van der Waals surface area contributed by atoms with Crippen LogP contribution in [0.3, 0.4) is 0 Å².